The minimum atomic E-state index is -4.53. The van der Waals surface area contributed by atoms with Gasteiger partial charge in [0.1, 0.15) is 6.10 Å². The van der Waals surface area contributed by atoms with Gasteiger partial charge in [-0.05, 0) is 6.92 Å². The molecular weight excluding hydrogens is 300 g/mol. The van der Waals surface area contributed by atoms with Crippen LogP contribution in [0.5, 0.6) is 0 Å². The molecule has 0 heterocycles. The highest BCUT2D eigenvalue weighted by atomic mass is 19.3. The molecule has 0 amide bonds. The van der Waals surface area contributed by atoms with E-state index in [1.54, 1.807) is 0 Å². The molecule has 118 valence electrons. The van der Waals surface area contributed by atoms with Crippen molar-refractivity contribution in [3.63, 3.8) is 0 Å². The molecule has 0 saturated carbocycles. The van der Waals surface area contributed by atoms with E-state index in [2.05, 4.69) is 9.47 Å². The van der Waals surface area contributed by atoms with Crippen molar-refractivity contribution in [1.29, 1.82) is 0 Å². The van der Waals surface area contributed by atoms with Gasteiger partial charge in [-0.3, -0.25) is 20.2 Å². The summed E-state index contributed by atoms with van der Waals surface area (Å²) in [6.45, 7) is -2.83. The Morgan fingerprint density at radius 1 is 1.05 bits per heavy atom. The van der Waals surface area contributed by atoms with Crippen LogP contribution in [-0.4, -0.2) is 52.7 Å². The zero-order valence-electron chi connectivity index (χ0n) is 9.87. The summed E-state index contributed by atoms with van der Waals surface area (Å²) < 4.78 is 58.4. The molecule has 1 unspecified atom stereocenters. The molecule has 0 radical (unpaired) electrons. The second-order valence-electron chi connectivity index (χ2n) is 3.58. The Balaban J connectivity index is 4.54. The summed E-state index contributed by atoms with van der Waals surface area (Å²) in [7, 11) is 0. The van der Waals surface area contributed by atoms with E-state index >= 15 is 0 Å². The first-order valence-electron chi connectivity index (χ1n) is 4.86. The van der Waals surface area contributed by atoms with Crippen LogP contribution in [0.15, 0.2) is 0 Å². The van der Waals surface area contributed by atoms with Gasteiger partial charge in [0, 0.05) is 0 Å². The lowest BCUT2D eigenvalue weighted by Crippen LogP contribution is -2.42. The van der Waals surface area contributed by atoms with Crippen LogP contribution in [0.4, 0.5) is 17.6 Å². The Kier molecular flexibility index (Phi) is 6.18. The molecule has 0 aromatic carbocycles. The molecule has 0 spiro atoms. The van der Waals surface area contributed by atoms with E-state index in [0.29, 0.717) is 0 Å². The highest BCUT2D eigenvalue weighted by Gasteiger charge is 2.47. The summed E-state index contributed by atoms with van der Waals surface area (Å²) in [5.41, 5.74) is 0. The molecule has 20 heavy (non-hydrogen) atoms. The van der Waals surface area contributed by atoms with E-state index in [-0.39, 0.29) is 0 Å². The molecular formula is C7H10F4N2O7. The fraction of sp³-hybridized carbons (Fsp3) is 1.00. The van der Waals surface area contributed by atoms with Crippen LogP contribution in [0.2, 0.25) is 0 Å². The summed E-state index contributed by atoms with van der Waals surface area (Å²) in [6.07, 6.45) is -3.85. The Labute approximate surface area is 108 Å². The quantitative estimate of drug-likeness (QED) is 0.216. The van der Waals surface area contributed by atoms with Gasteiger partial charge >= 0.3 is 12.1 Å². The third-order valence-electron chi connectivity index (χ3n) is 1.77. The van der Waals surface area contributed by atoms with Crippen LogP contribution in [0.1, 0.15) is 6.92 Å². The van der Waals surface area contributed by atoms with Crippen molar-refractivity contribution >= 4 is 0 Å². The van der Waals surface area contributed by atoms with Gasteiger partial charge in [-0.2, -0.15) is 0 Å². The summed E-state index contributed by atoms with van der Waals surface area (Å²) >= 11 is 0. The van der Waals surface area contributed by atoms with Crippen LogP contribution in [0.25, 0.3) is 0 Å². The molecule has 0 aromatic rings. The first-order chi connectivity index (χ1) is 8.90. The number of aliphatic hydroxyl groups excluding tert-OH is 1. The lowest BCUT2D eigenvalue weighted by molar-refractivity contribution is -0.653. The summed E-state index contributed by atoms with van der Waals surface area (Å²) in [6, 6.07) is -9.05. The Morgan fingerprint density at radius 2 is 1.35 bits per heavy atom. The molecule has 0 saturated heterocycles. The van der Waals surface area contributed by atoms with E-state index < -0.39 is 47.5 Å². The highest BCUT2D eigenvalue weighted by molar-refractivity contribution is 4.58. The van der Waals surface area contributed by atoms with E-state index in [0.717, 1.165) is 6.92 Å². The van der Waals surface area contributed by atoms with E-state index in [1.165, 1.54) is 0 Å². The number of hydrogen-bond acceptors (Lipinski definition) is 7. The zero-order valence-corrected chi connectivity index (χ0v) is 9.87. The van der Waals surface area contributed by atoms with Gasteiger partial charge in [-0.15, -0.1) is 17.6 Å². The summed E-state index contributed by atoms with van der Waals surface area (Å²) in [4.78, 5) is 15.8. The molecule has 13 heteroatoms. The van der Waals surface area contributed by atoms with Crippen LogP contribution in [-0.2, 0) is 9.47 Å². The van der Waals surface area contributed by atoms with Crippen molar-refractivity contribution in [2.45, 2.75) is 31.4 Å². The topological polar surface area (TPSA) is 125 Å². The number of aliphatic hydroxyl groups is 1. The molecule has 0 aliphatic carbocycles. The van der Waals surface area contributed by atoms with Gasteiger partial charge < -0.3 is 14.6 Å². The van der Waals surface area contributed by atoms with Crippen molar-refractivity contribution in [2.24, 2.45) is 0 Å². The van der Waals surface area contributed by atoms with Gasteiger partial charge in [0.15, 0.2) is 19.5 Å². The van der Waals surface area contributed by atoms with Crippen molar-refractivity contribution in [3.05, 3.63) is 20.2 Å². The minimum absolute atomic E-state index is 0.888. The van der Waals surface area contributed by atoms with Gasteiger partial charge in [0.2, 0.25) is 0 Å². The number of nitro groups is 2. The Hall–Kier alpha value is -1.60. The van der Waals surface area contributed by atoms with Crippen LogP contribution in [0, 0.1) is 20.2 Å². The predicted molar refractivity (Wildman–Crippen MR) is 51.3 cm³/mol. The molecule has 9 nitrogen and oxygen atoms in total. The molecule has 0 bridgehead atoms. The minimum Gasteiger partial charge on any atom is -0.388 e. The standard InChI is InChI=1S/C7H10F4N2O7/c1-4(14)5(19-2-6(8,9)12(15)16)20-3-7(10,11)13(17)18/h4-5,14H,2-3H2,1H3. The Bertz CT molecular complexity index is 335. The highest BCUT2D eigenvalue weighted by Crippen LogP contribution is 2.19. The number of rotatable bonds is 9. The number of alkyl halides is 4. The lowest BCUT2D eigenvalue weighted by atomic mass is 10.4. The normalized spacial score (nSPS) is 14.3. The zero-order chi connectivity index (χ0) is 16.1. The summed E-state index contributed by atoms with van der Waals surface area (Å²) in [5.74, 6) is 0. The maximum Gasteiger partial charge on any atom is 0.534 e. The second kappa shape index (κ2) is 6.71. The number of nitrogens with zero attached hydrogens (tertiary/aromatic N) is 2. The molecule has 0 aliphatic heterocycles. The van der Waals surface area contributed by atoms with Gasteiger partial charge in [-0.25, -0.2) is 0 Å². The largest absolute Gasteiger partial charge is 0.534 e. The second-order valence-corrected chi connectivity index (χ2v) is 3.58. The van der Waals surface area contributed by atoms with Crippen LogP contribution in [0.3, 0.4) is 0 Å². The summed E-state index contributed by atoms with van der Waals surface area (Å²) in [5, 5.41) is 28.7. The van der Waals surface area contributed by atoms with Crippen molar-refractivity contribution in [2.75, 3.05) is 13.2 Å². The first kappa shape index (κ1) is 18.4. The van der Waals surface area contributed by atoms with E-state index in [1.807, 2.05) is 0 Å². The maximum atomic E-state index is 12.6. The lowest BCUT2D eigenvalue weighted by Gasteiger charge is -2.21. The molecule has 0 fully saturated rings. The average Bonchev–Trinajstić information content (AvgIpc) is 2.27. The van der Waals surface area contributed by atoms with Crippen molar-refractivity contribution in [3.8, 4) is 0 Å². The van der Waals surface area contributed by atoms with Gasteiger partial charge in [0.25, 0.3) is 0 Å². The van der Waals surface area contributed by atoms with Crippen LogP contribution >= 0.6 is 0 Å². The molecule has 0 aliphatic rings. The van der Waals surface area contributed by atoms with Crippen molar-refractivity contribution in [1.82, 2.24) is 0 Å². The van der Waals surface area contributed by atoms with Crippen LogP contribution < -0.4 is 0 Å². The maximum absolute atomic E-state index is 12.6. The monoisotopic (exact) mass is 310 g/mol. The molecule has 0 rings (SSSR count). The molecule has 1 N–H and O–H groups in total. The number of ether oxygens (including phenoxy) is 2. The fourth-order valence-corrected chi connectivity index (χ4v) is 0.797. The first-order valence-corrected chi connectivity index (χ1v) is 4.86. The smallest absolute Gasteiger partial charge is 0.388 e. The van der Waals surface area contributed by atoms with Gasteiger partial charge in [-0.1, -0.05) is 0 Å². The Morgan fingerprint density at radius 3 is 1.55 bits per heavy atom. The third-order valence-corrected chi connectivity index (χ3v) is 1.77. The third kappa shape index (κ3) is 5.58. The van der Waals surface area contributed by atoms with E-state index in [9.17, 15) is 37.8 Å². The van der Waals surface area contributed by atoms with Crippen molar-refractivity contribution < 1.29 is 42.0 Å². The number of halogens is 4. The number of hydrogen-bond donors (Lipinski definition) is 1. The van der Waals surface area contributed by atoms with Gasteiger partial charge in [0.05, 0.1) is 9.85 Å². The SMILES string of the molecule is CC(O)C(OCC(F)(F)[N+](=O)[O-])OCC(F)(F)[N+](=O)[O-]. The molecule has 0 aromatic heterocycles. The molecule has 1 atom stereocenters. The fourth-order valence-electron chi connectivity index (χ4n) is 0.797. The predicted octanol–water partition coefficient (Wildman–Crippen LogP) is 0.465. The average molecular weight is 310 g/mol. The van der Waals surface area contributed by atoms with E-state index in [4.69, 9.17) is 5.11 Å².